The molecule has 1 aliphatic heterocycles. The summed E-state index contributed by atoms with van der Waals surface area (Å²) in [5, 5.41) is 2.75. The molecule has 1 amide bonds. The first kappa shape index (κ1) is 22.0. The van der Waals surface area contributed by atoms with E-state index in [2.05, 4.69) is 31.9 Å². The number of amides is 1. The summed E-state index contributed by atoms with van der Waals surface area (Å²) in [5.41, 5.74) is -0.148. The molecule has 2 aromatic heterocycles. The van der Waals surface area contributed by atoms with E-state index in [4.69, 9.17) is 16.3 Å². The highest BCUT2D eigenvalue weighted by atomic mass is 35.5. The fourth-order valence-corrected chi connectivity index (χ4v) is 4.02. The Hall–Kier alpha value is -3.79. The van der Waals surface area contributed by atoms with E-state index in [0.29, 0.717) is 29.4 Å². The lowest BCUT2D eigenvalue weighted by atomic mass is 10.0. The van der Waals surface area contributed by atoms with Gasteiger partial charge in [-0.1, -0.05) is 6.92 Å². The van der Waals surface area contributed by atoms with Gasteiger partial charge in [-0.05, 0) is 42.8 Å². The van der Waals surface area contributed by atoms with Crippen molar-refractivity contribution in [2.45, 2.75) is 25.0 Å². The smallest absolute Gasteiger partial charge is 0.462 e. The third-order valence-corrected chi connectivity index (χ3v) is 5.55. The summed E-state index contributed by atoms with van der Waals surface area (Å²) >= 11 is 4.78. The average Bonchev–Trinajstić information content (AvgIpc) is 3.38. The zero-order valence-corrected chi connectivity index (χ0v) is 18.6. The van der Waals surface area contributed by atoms with Gasteiger partial charge in [0.2, 0.25) is 0 Å². The molecule has 2 aromatic carbocycles. The Kier molecular flexibility index (Phi) is 5.52. The monoisotopic (exact) mass is 485 g/mol. The lowest BCUT2D eigenvalue weighted by Gasteiger charge is -2.14. The van der Waals surface area contributed by atoms with Gasteiger partial charge in [-0.15, -0.1) is 8.78 Å². The van der Waals surface area contributed by atoms with Gasteiger partial charge in [0.1, 0.15) is 18.7 Å². The van der Waals surface area contributed by atoms with Crippen LogP contribution in [0.5, 0.6) is 11.8 Å². The number of ether oxygens (including phenoxy) is 2. The second-order valence-electron chi connectivity index (χ2n) is 7.68. The van der Waals surface area contributed by atoms with Crippen molar-refractivity contribution in [1.29, 1.82) is 0 Å². The highest BCUT2D eigenvalue weighted by Crippen LogP contribution is 2.39. The molecule has 4 aromatic rings. The number of hydrogen-bond acceptors (Lipinski definition) is 6. The predicted molar refractivity (Wildman–Crippen MR) is 121 cm³/mol. The van der Waals surface area contributed by atoms with E-state index in [1.54, 1.807) is 24.5 Å². The molecule has 0 aliphatic carbocycles. The Morgan fingerprint density at radius 2 is 2.00 bits per heavy atom. The molecule has 8 nitrogen and oxygen atoms in total. The van der Waals surface area contributed by atoms with Crippen LogP contribution in [0.1, 0.15) is 29.7 Å². The Morgan fingerprint density at radius 3 is 2.68 bits per heavy atom. The quantitative estimate of drug-likeness (QED) is 0.375. The van der Waals surface area contributed by atoms with E-state index >= 15 is 0 Å². The number of rotatable bonds is 6. The Labute approximate surface area is 197 Å². The molecule has 0 saturated carbocycles. The molecule has 34 heavy (non-hydrogen) atoms. The van der Waals surface area contributed by atoms with Crippen molar-refractivity contribution < 1.29 is 23.0 Å². The second kappa shape index (κ2) is 8.53. The summed E-state index contributed by atoms with van der Waals surface area (Å²) in [6.45, 7) is 2.61. The van der Waals surface area contributed by atoms with Crippen molar-refractivity contribution in [3.63, 3.8) is 0 Å². The number of aromatic nitrogens is 4. The molecule has 0 spiro atoms. The maximum atomic E-state index is 13.1. The zero-order valence-electron chi connectivity index (χ0n) is 17.8. The van der Waals surface area contributed by atoms with Gasteiger partial charge in [0.05, 0.1) is 17.1 Å². The molecule has 5 rings (SSSR count). The van der Waals surface area contributed by atoms with Crippen LogP contribution in [0.2, 0.25) is 0 Å². The van der Waals surface area contributed by atoms with Crippen molar-refractivity contribution in [3.8, 4) is 22.9 Å². The van der Waals surface area contributed by atoms with E-state index in [0.717, 1.165) is 23.1 Å². The number of imidazole rings is 1. The second-order valence-corrected chi connectivity index (χ2v) is 8.12. The number of benzene rings is 2. The van der Waals surface area contributed by atoms with Crippen LogP contribution in [-0.2, 0) is 0 Å². The molecule has 0 saturated heterocycles. The molecule has 1 aliphatic rings. The maximum absolute atomic E-state index is 13.1. The van der Waals surface area contributed by atoms with Gasteiger partial charge >= 0.3 is 5.57 Å². The first-order chi connectivity index (χ1) is 16.3. The van der Waals surface area contributed by atoms with E-state index in [9.17, 15) is 13.6 Å². The molecule has 0 radical (unpaired) electrons. The van der Waals surface area contributed by atoms with Crippen LogP contribution < -0.4 is 14.8 Å². The van der Waals surface area contributed by atoms with E-state index in [1.807, 2.05) is 4.57 Å². The molecule has 1 atom stereocenters. The van der Waals surface area contributed by atoms with Gasteiger partial charge in [0, 0.05) is 46.4 Å². The van der Waals surface area contributed by atoms with Gasteiger partial charge < -0.3 is 14.8 Å². The van der Waals surface area contributed by atoms with Crippen LogP contribution in [-0.4, -0.2) is 37.6 Å². The molecule has 11 heteroatoms. The van der Waals surface area contributed by atoms with Crippen LogP contribution >= 0.6 is 11.6 Å². The SMILES string of the molecule is CC[C@@H]1COc2nc3cc(C(=O)Nc4ccc(OC(F)(F)Cl)cc4)cc(-c4cncnc4)c3n21. The highest BCUT2D eigenvalue weighted by Gasteiger charge is 2.29. The number of fused-ring (bicyclic) bond motifs is 3. The van der Waals surface area contributed by atoms with Crippen molar-refractivity contribution in [1.82, 2.24) is 19.5 Å². The Morgan fingerprint density at radius 1 is 1.26 bits per heavy atom. The lowest BCUT2D eigenvalue weighted by Crippen LogP contribution is -2.16. The number of halogens is 3. The fourth-order valence-electron chi connectivity index (χ4n) is 3.93. The maximum Gasteiger partial charge on any atom is 0.487 e. The van der Waals surface area contributed by atoms with Gasteiger partial charge in [0.25, 0.3) is 11.9 Å². The molecule has 0 bridgehead atoms. The number of anilines is 1. The summed E-state index contributed by atoms with van der Waals surface area (Å²) in [5.74, 6) is -0.541. The molecule has 0 fully saturated rings. The number of nitrogens with one attached hydrogen (secondary N) is 1. The molecule has 3 heterocycles. The first-order valence-electron chi connectivity index (χ1n) is 10.4. The number of nitrogens with zero attached hydrogens (tertiary/aromatic N) is 4. The number of hydrogen-bond donors (Lipinski definition) is 1. The first-order valence-corrected chi connectivity index (χ1v) is 10.8. The number of carbonyl (C=O) groups excluding carboxylic acids is 1. The molecule has 0 unspecified atom stereocenters. The number of carbonyl (C=O) groups is 1. The minimum absolute atomic E-state index is 0.129. The summed E-state index contributed by atoms with van der Waals surface area (Å²) < 4.78 is 37.7. The molecular weight excluding hydrogens is 468 g/mol. The molecular formula is C23H18ClF2N5O3. The summed E-state index contributed by atoms with van der Waals surface area (Å²) in [6.07, 6.45) is 5.64. The van der Waals surface area contributed by atoms with Crippen LogP contribution in [0.15, 0.2) is 55.1 Å². The normalized spacial score (nSPS) is 15.1. The average molecular weight is 486 g/mol. The Bertz CT molecular complexity index is 1360. The summed E-state index contributed by atoms with van der Waals surface area (Å²) in [4.78, 5) is 25.9. The van der Waals surface area contributed by atoms with E-state index in [1.165, 1.54) is 30.6 Å². The summed E-state index contributed by atoms with van der Waals surface area (Å²) in [7, 11) is 0. The minimum Gasteiger partial charge on any atom is -0.462 e. The van der Waals surface area contributed by atoms with Crippen molar-refractivity contribution >= 4 is 34.2 Å². The highest BCUT2D eigenvalue weighted by molar-refractivity contribution is 6.20. The van der Waals surface area contributed by atoms with Gasteiger partial charge in [-0.3, -0.25) is 9.36 Å². The number of alkyl halides is 3. The van der Waals surface area contributed by atoms with Crippen molar-refractivity contribution in [3.05, 3.63) is 60.7 Å². The van der Waals surface area contributed by atoms with Crippen LogP contribution in [0.4, 0.5) is 14.5 Å². The predicted octanol–water partition coefficient (Wildman–Crippen LogP) is 5.26. The Balaban J connectivity index is 1.51. The van der Waals surface area contributed by atoms with Crippen molar-refractivity contribution in [2.24, 2.45) is 0 Å². The third-order valence-electron chi connectivity index (χ3n) is 5.47. The molecule has 1 N–H and O–H groups in total. The third kappa shape index (κ3) is 4.24. The topological polar surface area (TPSA) is 91.2 Å². The summed E-state index contributed by atoms with van der Waals surface area (Å²) in [6, 6.07) is 9.50. The standard InChI is InChI=1S/C23H18ClF2N5O3/c1-2-16-11-33-22-30-19-8-13(7-18(20(19)31(16)22)14-9-27-12-28-10-14)21(32)29-15-3-5-17(6-4-15)34-23(24,25)26/h3-10,12,16H,2,11H2,1H3,(H,29,32)/t16-/m1/s1. The molecule has 174 valence electrons. The minimum atomic E-state index is -3.82. The van der Waals surface area contributed by atoms with E-state index in [-0.39, 0.29) is 11.8 Å². The zero-order chi connectivity index (χ0) is 23.9. The van der Waals surface area contributed by atoms with Crippen LogP contribution in [0.25, 0.3) is 22.2 Å². The lowest BCUT2D eigenvalue weighted by molar-refractivity contribution is -0.0964. The van der Waals surface area contributed by atoms with Gasteiger partial charge in [0.15, 0.2) is 0 Å². The van der Waals surface area contributed by atoms with Gasteiger partial charge in [-0.2, -0.15) is 4.98 Å². The van der Waals surface area contributed by atoms with Crippen LogP contribution in [0.3, 0.4) is 0 Å². The fraction of sp³-hybridized carbons (Fsp3) is 0.217. The largest absolute Gasteiger partial charge is 0.487 e. The van der Waals surface area contributed by atoms with E-state index < -0.39 is 11.5 Å². The van der Waals surface area contributed by atoms with Gasteiger partial charge in [-0.25, -0.2) is 9.97 Å². The van der Waals surface area contributed by atoms with Crippen molar-refractivity contribution in [2.75, 3.05) is 11.9 Å². The van der Waals surface area contributed by atoms with Crippen LogP contribution in [0, 0.1) is 0 Å².